The van der Waals surface area contributed by atoms with Crippen LogP contribution in [0.4, 0.5) is 0 Å². The molecule has 0 saturated heterocycles. The van der Waals surface area contributed by atoms with E-state index in [1.807, 2.05) is 6.20 Å². The summed E-state index contributed by atoms with van der Waals surface area (Å²) in [5.74, 6) is 0.296. The molecule has 0 radical (unpaired) electrons. The first kappa shape index (κ1) is 33.3. The number of allylic oxidation sites excluding steroid dienone is 4. The predicted molar refractivity (Wildman–Crippen MR) is 240 cm³/mol. The molecule has 270 valence electrons. The molecule has 1 unspecified atom stereocenters. The van der Waals surface area contributed by atoms with Crippen LogP contribution < -0.4 is 0 Å². The summed E-state index contributed by atoms with van der Waals surface area (Å²) < 4.78 is 2.38. The van der Waals surface area contributed by atoms with Crippen LogP contribution in [0.25, 0.3) is 88.0 Å². The number of hydrogen-bond acceptors (Lipinski definition) is 2. The van der Waals surface area contributed by atoms with Crippen LogP contribution in [0.15, 0.2) is 182 Å². The van der Waals surface area contributed by atoms with Gasteiger partial charge in [0.25, 0.3) is 0 Å². The average molecular weight is 730 g/mol. The van der Waals surface area contributed by atoms with E-state index < -0.39 is 0 Å². The summed E-state index contributed by atoms with van der Waals surface area (Å²) in [7, 11) is 0. The molecule has 10 aromatic rings. The van der Waals surface area contributed by atoms with Crippen LogP contribution in [-0.2, 0) is 0 Å². The second-order valence-electron chi connectivity index (χ2n) is 15.5. The molecular formula is C54H39N3. The molecule has 0 spiro atoms. The van der Waals surface area contributed by atoms with Gasteiger partial charge >= 0.3 is 0 Å². The van der Waals surface area contributed by atoms with E-state index in [1.54, 1.807) is 0 Å². The number of aromatic nitrogens is 3. The maximum Gasteiger partial charge on any atom is 0.0979 e. The first-order valence-corrected chi connectivity index (χ1v) is 19.8. The molecule has 0 fully saturated rings. The Morgan fingerprint density at radius 2 is 1.21 bits per heavy atom. The van der Waals surface area contributed by atoms with Crippen molar-refractivity contribution in [2.45, 2.75) is 26.2 Å². The highest BCUT2D eigenvalue weighted by atomic mass is 15.0. The third kappa shape index (κ3) is 5.50. The van der Waals surface area contributed by atoms with E-state index >= 15 is 0 Å². The maximum atomic E-state index is 5.28. The highest BCUT2D eigenvalue weighted by molar-refractivity contribution is 6.23. The average Bonchev–Trinajstić information content (AvgIpc) is 3.61. The largest absolute Gasteiger partial charge is 0.309 e. The summed E-state index contributed by atoms with van der Waals surface area (Å²) in [5.41, 5.74) is 16.5. The molecule has 0 saturated carbocycles. The first-order valence-electron chi connectivity index (χ1n) is 19.8. The van der Waals surface area contributed by atoms with Gasteiger partial charge in [-0.2, -0.15) is 0 Å². The zero-order chi connectivity index (χ0) is 38.0. The van der Waals surface area contributed by atoms with Crippen LogP contribution in [0.1, 0.15) is 34.6 Å². The van der Waals surface area contributed by atoms with Gasteiger partial charge in [0.05, 0.1) is 34.0 Å². The van der Waals surface area contributed by atoms with Crippen molar-refractivity contribution in [2.75, 3.05) is 0 Å². The molecule has 0 N–H and O–H groups in total. The Bertz CT molecular complexity index is 3260. The monoisotopic (exact) mass is 729 g/mol. The van der Waals surface area contributed by atoms with E-state index in [-0.39, 0.29) is 0 Å². The van der Waals surface area contributed by atoms with Crippen molar-refractivity contribution in [3.63, 3.8) is 0 Å². The van der Waals surface area contributed by atoms with Crippen LogP contribution in [0.3, 0.4) is 0 Å². The molecule has 0 bridgehead atoms. The molecule has 1 aliphatic carbocycles. The topological polar surface area (TPSA) is 30.7 Å². The number of rotatable bonds is 5. The standard InChI is InChI=1S/C54H39N3/c1-34-29-48(39-16-13-17-40(31-39)50-33-55-53-45-23-8-6-20-42(45)43-21-7-9-24-46(43)54(53)56-50)35(2)28-47(34)38-15-12-14-36(30-38)37-26-27-52-49(32-37)44-22-10-11-25-51(44)57(52)41-18-4-3-5-19-41/h3-29,31-33,38H,30H2,1-2H3. The van der Waals surface area contributed by atoms with Gasteiger partial charge in [-0.15, -0.1) is 0 Å². The van der Waals surface area contributed by atoms with Gasteiger partial charge in [0.15, 0.2) is 0 Å². The molecule has 1 atom stereocenters. The Labute approximate surface area is 331 Å². The lowest BCUT2D eigenvalue weighted by atomic mass is 9.82. The third-order valence-electron chi connectivity index (χ3n) is 12.0. The van der Waals surface area contributed by atoms with Crippen molar-refractivity contribution < 1.29 is 0 Å². The zero-order valence-corrected chi connectivity index (χ0v) is 31.9. The molecule has 0 aliphatic heterocycles. The summed E-state index contributed by atoms with van der Waals surface area (Å²) in [6.07, 6.45) is 9.82. The summed E-state index contributed by atoms with van der Waals surface area (Å²) in [6, 6.07) is 57.1. The summed E-state index contributed by atoms with van der Waals surface area (Å²) in [4.78, 5) is 10.3. The van der Waals surface area contributed by atoms with E-state index in [1.165, 1.54) is 77.2 Å². The summed E-state index contributed by atoms with van der Waals surface area (Å²) in [6.45, 7) is 4.51. The molecule has 2 heterocycles. The van der Waals surface area contributed by atoms with Crippen molar-refractivity contribution >= 4 is 60.0 Å². The summed E-state index contributed by atoms with van der Waals surface area (Å²) in [5, 5.41) is 7.24. The van der Waals surface area contributed by atoms with E-state index in [4.69, 9.17) is 9.97 Å². The lowest BCUT2D eigenvalue weighted by Crippen LogP contribution is -2.04. The van der Waals surface area contributed by atoms with Crippen molar-refractivity contribution in [1.29, 1.82) is 0 Å². The fourth-order valence-corrected chi connectivity index (χ4v) is 9.29. The van der Waals surface area contributed by atoms with Crippen LogP contribution in [-0.4, -0.2) is 14.5 Å². The predicted octanol–water partition coefficient (Wildman–Crippen LogP) is 14.1. The van der Waals surface area contributed by atoms with Gasteiger partial charge in [0.2, 0.25) is 0 Å². The van der Waals surface area contributed by atoms with E-state index in [0.29, 0.717) is 5.92 Å². The minimum absolute atomic E-state index is 0.296. The van der Waals surface area contributed by atoms with Crippen molar-refractivity contribution in [2.24, 2.45) is 0 Å². The Morgan fingerprint density at radius 3 is 2.02 bits per heavy atom. The van der Waals surface area contributed by atoms with E-state index in [9.17, 15) is 0 Å². The Kier molecular flexibility index (Phi) is 7.75. The fourth-order valence-electron chi connectivity index (χ4n) is 9.29. The number of hydrogen-bond donors (Lipinski definition) is 0. The normalized spacial score (nSPS) is 14.3. The SMILES string of the molecule is Cc1cc(C2C=CC=C(c3ccc4c(c3)c3ccccc3n4-c3ccccc3)C2)c(C)cc1-c1cccc(-c2cnc3c4ccccc4c4ccccc4c3n2)c1. The van der Waals surface area contributed by atoms with E-state index in [0.717, 1.165) is 39.5 Å². The number of aryl methyl sites for hydroxylation is 2. The number of benzene rings is 8. The van der Waals surface area contributed by atoms with Gasteiger partial charge < -0.3 is 4.57 Å². The van der Waals surface area contributed by atoms with Crippen LogP contribution >= 0.6 is 0 Å². The van der Waals surface area contributed by atoms with Crippen LogP contribution in [0.2, 0.25) is 0 Å². The fraction of sp³-hybridized carbons (Fsp3) is 0.0741. The van der Waals surface area contributed by atoms with Gasteiger partial charge in [0.1, 0.15) is 0 Å². The highest BCUT2D eigenvalue weighted by Gasteiger charge is 2.21. The number of fused-ring (bicyclic) bond motifs is 9. The van der Waals surface area contributed by atoms with Gasteiger partial charge in [-0.1, -0.05) is 140 Å². The van der Waals surface area contributed by atoms with E-state index in [2.05, 4.69) is 194 Å². The molecule has 2 aromatic heterocycles. The van der Waals surface area contributed by atoms with Gasteiger partial charge in [-0.3, -0.25) is 4.98 Å². The molecule has 8 aromatic carbocycles. The van der Waals surface area contributed by atoms with Crippen molar-refractivity contribution in [1.82, 2.24) is 14.5 Å². The smallest absolute Gasteiger partial charge is 0.0979 e. The lowest BCUT2D eigenvalue weighted by Gasteiger charge is -2.23. The van der Waals surface area contributed by atoms with Crippen LogP contribution in [0.5, 0.6) is 0 Å². The molecule has 3 nitrogen and oxygen atoms in total. The Morgan fingerprint density at radius 1 is 0.526 bits per heavy atom. The van der Waals surface area contributed by atoms with Crippen molar-refractivity contribution in [3.05, 3.63) is 204 Å². The summed E-state index contributed by atoms with van der Waals surface area (Å²) >= 11 is 0. The Hall–Kier alpha value is -7.10. The minimum Gasteiger partial charge on any atom is -0.309 e. The highest BCUT2D eigenvalue weighted by Crippen LogP contribution is 2.41. The quantitative estimate of drug-likeness (QED) is 0.165. The first-order chi connectivity index (χ1) is 28.1. The molecule has 1 aliphatic rings. The minimum atomic E-state index is 0.296. The third-order valence-corrected chi connectivity index (χ3v) is 12.0. The van der Waals surface area contributed by atoms with Gasteiger partial charge in [-0.25, -0.2) is 4.98 Å². The molecule has 11 rings (SSSR count). The second-order valence-corrected chi connectivity index (χ2v) is 15.5. The maximum absolute atomic E-state index is 5.28. The molecule has 0 amide bonds. The molecule has 57 heavy (non-hydrogen) atoms. The number of para-hydroxylation sites is 2. The van der Waals surface area contributed by atoms with Crippen LogP contribution in [0, 0.1) is 13.8 Å². The zero-order valence-electron chi connectivity index (χ0n) is 31.9. The van der Waals surface area contributed by atoms with Crippen molar-refractivity contribution in [3.8, 4) is 28.1 Å². The van der Waals surface area contributed by atoms with Gasteiger partial charge in [-0.05, 0) is 106 Å². The number of nitrogens with zero attached hydrogens (tertiary/aromatic N) is 3. The lowest BCUT2D eigenvalue weighted by molar-refractivity contribution is 0.857. The molecular weight excluding hydrogens is 691 g/mol. The second kappa shape index (κ2) is 13.3. The van der Waals surface area contributed by atoms with Gasteiger partial charge in [0, 0.05) is 38.7 Å². The molecule has 3 heteroatoms. The Balaban J connectivity index is 0.913.